The maximum Gasteiger partial charge on any atom is 0.322 e. The summed E-state index contributed by atoms with van der Waals surface area (Å²) in [4.78, 5) is 16.7. The van der Waals surface area contributed by atoms with E-state index in [0.29, 0.717) is 18.3 Å². The Kier molecular flexibility index (Phi) is 8.87. The number of amides is 2. The van der Waals surface area contributed by atoms with Crippen molar-refractivity contribution in [3.63, 3.8) is 0 Å². The van der Waals surface area contributed by atoms with E-state index in [1.54, 1.807) is 11.8 Å². The van der Waals surface area contributed by atoms with Gasteiger partial charge in [-0.1, -0.05) is 56.3 Å². The number of nitrogens with one attached hydrogen (secondary N) is 2. The maximum atomic E-state index is 13.6. The number of aliphatic hydroxyl groups excluding tert-OH is 1. The molecule has 1 aliphatic carbocycles. The fourth-order valence-electron chi connectivity index (χ4n) is 5.12. The number of benzene rings is 2. The van der Waals surface area contributed by atoms with Gasteiger partial charge in [0.1, 0.15) is 0 Å². The Labute approximate surface area is 223 Å². The van der Waals surface area contributed by atoms with Crippen LogP contribution in [0.25, 0.3) is 0 Å². The molecule has 1 saturated carbocycles. The minimum absolute atomic E-state index is 0.0707. The maximum absolute atomic E-state index is 13.6. The van der Waals surface area contributed by atoms with Gasteiger partial charge in [-0.15, -0.1) is 22.0 Å². The van der Waals surface area contributed by atoms with Crippen LogP contribution in [0, 0.1) is 11.3 Å². The van der Waals surface area contributed by atoms with Crippen LogP contribution in [-0.4, -0.2) is 49.0 Å². The largest absolute Gasteiger partial charge is 0.388 e. The van der Waals surface area contributed by atoms with Crippen LogP contribution in [0.1, 0.15) is 69.5 Å². The molecule has 0 radical (unpaired) electrons. The molecule has 4 rings (SSSR count). The third-order valence-electron chi connectivity index (χ3n) is 7.43. The summed E-state index contributed by atoms with van der Waals surface area (Å²) in [7, 11) is 0. The fourth-order valence-corrected chi connectivity index (χ4v) is 5.58. The average Bonchev–Trinajstić information content (AvgIpc) is 3.40. The third-order valence-corrected chi connectivity index (χ3v) is 8.15. The number of urea groups is 1. The molecule has 0 bridgehead atoms. The van der Waals surface area contributed by atoms with Gasteiger partial charge in [-0.25, -0.2) is 4.79 Å². The predicted molar refractivity (Wildman–Crippen MR) is 147 cm³/mol. The number of tetrazole rings is 1. The minimum atomic E-state index is -0.720. The van der Waals surface area contributed by atoms with E-state index in [0.717, 1.165) is 47.4 Å². The quantitative estimate of drug-likeness (QED) is 0.321. The number of thioether (sulfide) groups is 1. The molecule has 2 amide bonds. The Morgan fingerprint density at radius 1 is 1.16 bits per heavy atom. The summed E-state index contributed by atoms with van der Waals surface area (Å²) < 4.78 is 0. The van der Waals surface area contributed by atoms with Crippen molar-refractivity contribution in [2.75, 3.05) is 11.6 Å². The SMILES string of the molecule is CSc1cccc(NC(=O)N(Cc2ccc(C(O)Cc3nn[nH]n3)cc2)C2CCC(C(C)(C)C)CC2)c1. The fraction of sp³-hybridized carbons (Fsp3) is 0.500. The van der Waals surface area contributed by atoms with Gasteiger partial charge in [0, 0.05) is 29.6 Å². The standard InChI is InChI=1S/C28H38N6O2S/c1-28(2,3)21-12-14-23(15-13-21)34(27(36)29-22-6-5-7-24(16-22)37-4)18-19-8-10-20(11-9-19)25(35)17-26-30-32-33-31-26/h5-11,16,21,23,25,35H,12-15,17-18H2,1-4H3,(H,29,36)(H,30,31,32,33). The monoisotopic (exact) mass is 522 g/mol. The predicted octanol–water partition coefficient (Wildman–Crippen LogP) is 5.84. The van der Waals surface area contributed by atoms with Crippen LogP contribution >= 0.6 is 11.8 Å². The molecule has 0 saturated heterocycles. The number of anilines is 1. The number of hydrogen-bond acceptors (Lipinski definition) is 6. The lowest BCUT2D eigenvalue weighted by Crippen LogP contribution is -2.45. The van der Waals surface area contributed by atoms with Gasteiger partial charge in [-0.05, 0) is 72.6 Å². The van der Waals surface area contributed by atoms with Crippen LogP contribution < -0.4 is 5.32 Å². The highest BCUT2D eigenvalue weighted by atomic mass is 32.2. The number of carbonyl (C=O) groups excluding carboxylic acids is 1. The summed E-state index contributed by atoms with van der Waals surface area (Å²) in [5.41, 5.74) is 2.91. The second-order valence-corrected chi connectivity index (χ2v) is 11.8. The zero-order chi connectivity index (χ0) is 26.4. The number of hydrogen-bond donors (Lipinski definition) is 3. The second kappa shape index (κ2) is 12.1. The van der Waals surface area contributed by atoms with Gasteiger partial charge in [0.2, 0.25) is 0 Å². The Balaban J connectivity index is 1.48. The van der Waals surface area contributed by atoms with Crippen LogP contribution in [0.2, 0.25) is 0 Å². The molecular formula is C28H38N6O2S. The van der Waals surface area contributed by atoms with Crippen molar-refractivity contribution in [3.8, 4) is 0 Å². The Bertz CT molecular complexity index is 1140. The minimum Gasteiger partial charge on any atom is -0.388 e. The van der Waals surface area contributed by atoms with Gasteiger partial charge in [0.25, 0.3) is 0 Å². The molecule has 1 fully saturated rings. The van der Waals surface area contributed by atoms with E-state index in [9.17, 15) is 9.90 Å². The lowest BCUT2D eigenvalue weighted by atomic mass is 9.71. The molecule has 3 N–H and O–H groups in total. The van der Waals surface area contributed by atoms with Crippen LogP contribution in [0.5, 0.6) is 0 Å². The molecule has 198 valence electrons. The summed E-state index contributed by atoms with van der Waals surface area (Å²) in [6.45, 7) is 7.46. The van der Waals surface area contributed by atoms with Crippen LogP contribution in [-0.2, 0) is 13.0 Å². The van der Waals surface area contributed by atoms with Gasteiger partial charge in [-0.3, -0.25) is 0 Å². The number of rotatable bonds is 8. The van der Waals surface area contributed by atoms with Crippen molar-refractivity contribution in [2.45, 2.75) is 76.5 Å². The van der Waals surface area contributed by atoms with Gasteiger partial charge in [0.15, 0.2) is 5.82 Å². The van der Waals surface area contributed by atoms with Crippen molar-refractivity contribution in [1.29, 1.82) is 0 Å². The van der Waals surface area contributed by atoms with Crippen LogP contribution in [0.4, 0.5) is 10.5 Å². The van der Waals surface area contributed by atoms with Gasteiger partial charge >= 0.3 is 6.03 Å². The van der Waals surface area contributed by atoms with Crippen molar-refractivity contribution < 1.29 is 9.90 Å². The number of aromatic nitrogens is 4. The number of aliphatic hydroxyl groups is 1. The zero-order valence-electron chi connectivity index (χ0n) is 22.1. The molecule has 9 heteroatoms. The Morgan fingerprint density at radius 3 is 2.51 bits per heavy atom. The first-order chi connectivity index (χ1) is 17.7. The number of nitrogens with zero attached hydrogens (tertiary/aromatic N) is 4. The van der Waals surface area contributed by atoms with E-state index < -0.39 is 6.10 Å². The smallest absolute Gasteiger partial charge is 0.322 e. The second-order valence-electron chi connectivity index (χ2n) is 11.0. The van der Waals surface area contributed by atoms with Gasteiger partial charge < -0.3 is 15.3 Å². The molecule has 37 heavy (non-hydrogen) atoms. The first-order valence-corrected chi connectivity index (χ1v) is 14.2. The molecule has 1 aromatic heterocycles. The Morgan fingerprint density at radius 2 is 1.89 bits per heavy atom. The molecule has 1 unspecified atom stereocenters. The highest BCUT2D eigenvalue weighted by Gasteiger charge is 2.33. The van der Waals surface area contributed by atoms with Crippen LogP contribution in [0.3, 0.4) is 0 Å². The highest BCUT2D eigenvalue weighted by molar-refractivity contribution is 7.98. The van der Waals surface area contributed by atoms with E-state index in [1.165, 1.54) is 0 Å². The van der Waals surface area contributed by atoms with E-state index in [-0.39, 0.29) is 23.9 Å². The normalized spacial score (nSPS) is 18.8. The average molecular weight is 523 g/mol. The number of carbonyl (C=O) groups is 1. The third kappa shape index (κ3) is 7.32. The van der Waals surface area contributed by atoms with E-state index >= 15 is 0 Å². The first kappa shape index (κ1) is 27.1. The van der Waals surface area contributed by atoms with E-state index in [4.69, 9.17) is 0 Å². The van der Waals surface area contributed by atoms with E-state index in [2.05, 4.69) is 46.7 Å². The van der Waals surface area contributed by atoms with Crippen molar-refractivity contribution >= 4 is 23.5 Å². The molecule has 8 nitrogen and oxygen atoms in total. The molecule has 0 spiro atoms. The summed E-state index contributed by atoms with van der Waals surface area (Å²) in [6.07, 6.45) is 5.86. The zero-order valence-corrected chi connectivity index (χ0v) is 23.0. The van der Waals surface area contributed by atoms with Crippen molar-refractivity contribution in [1.82, 2.24) is 25.5 Å². The molecule has 2 aromatic carbocycles. The summed E-state index contributed by atoms with van der Waals surface area (Å²) >= 11 is 1.66. The van der Waals surface area contributed by atoms with Crippen molar-refractivity contribution in [2.24, 2.45) is 11.3 Å². The van der Waals surface area contributed by atoms with Gasteiger partial charge in [-0.2, -0.15) is 5.21 Å². The number of H-pyrrole nitrogens is 1. The highest BCUT2D eigenvalue weighted by Crippen LogP contribution is 2.39. The molecule has 1 atom stereocenters. The summed E-state index contributed by atoms with van der Waals surface area (Å²) in [5, 5.41) is 27.5. The molecule has 1 heterocycles. The van der Waals surface area contributed by atoms with Gasteiger partial charge in [0.05, 0.1) is 6.10 Å². The first-order valence-electron chi connectivity index (χ1n) is 12.9. The van der Waals surface area contributed by atoms with E-state index in [1.807, 2.05) is 59.7 Å². The summed E-state index contributed by atoms with van der Waals surface area (Å²) in [6, 6.07) is 15.9. The van der Waals surface area contributed by atoms with Crippen molar-refractivity contribution in [3.05, 3.63) is 65.5 Å². The summed E-state index contributed by atoms with van der Waals surface area (Å²) in [5.74, 6) is 1.14. The molecular weight excluding hydrogens is 484 g/mol. The topological polar surface area (TPSA) is 107 Å². The molecule has 3 aromatic rings. The van der Waals surface area contributed by atoms with Crippen LogP contribution in [0.15, 0.2) is 53.4 Å². The number of aromatic amines is 1. The lowest BCUT2D eigenvalue weighted by molar-refractivity contribution is 0.110. The lowest BCUT2D eigenvalue weighted by Gasteiger charge is -2.41. The molecule has 1 aliphatic rings. The molecule has 0 aliphatic heterocycles. The Hall–Kier alpha value is -2.91.